The number of carbonyl (C=O) groups excluding carboxylic acids is 1. The Kier molecular flexibility index (Phi) is 5.78. The van der Waals surface area contributed by atoms with E-state index in [0.29, 0.717) is 5.02 Å². The Balaban J connectivity index is 1.76. The second kappa shape index (κ2) is 8.24. The molecule has 2 aromatic carbocycles. The molecular formula is C19H13Cl2FN2O3. The first-order valence-corrected chi connectivity index (χ1v) is 8.55. The molecule has 1 heterocycles. The van der Waals surface area contributed by atoms with Crippen LogP contribution in [0.1, 0.15) is 15.9 Å². The van der Waals surface area contributed by atoms with Crippen molar-refractivity contribution >= 4 is 34.8 Å². The second-order valence-corrected chi connectivity index (χ2v) is 6.38. The molecule has 0 saturated carbocycles. The summed E-state index contributed by atoms with van der Waals surface area (Å²) in [6.45, 7) is 0.0963. The minimum Gasteiger partial charge on any atom is -0.406 e. The lowest BCUT2D eigenvalue weighted by Crippen LogP contribution is -2.32. The molecule has 0 atom stereocenters. The average Bonchev–Trinajstić information content (AvgIpc) is 2.64. The number of benzene rings is 2. The zero-order valence-electron chi connectivity index (χ0n) is 13.8. The zero-order valence-corrected chi connectivity index (χ0v) is 15.3. The van der Waals surface area contributed by atoms with Crippen LogP contribution in [0.4, 0.5) is 10.1 Å². The Morgan fingerprint density at radius 3 is 2.67 bits per heavy atom. The third kappa shape index (κ3) is 4.67. The van der Waals surface area contributed by atoms with Crippen molar-refractivity contribution in [3.05, 3.63) is 98.1 Å². The lowest BCUT2D eigenvalue weighted by molar-refractivity contribution is 0.0863. The molecule has 0 aliphatic carbocycles. The quantitative estimate of drug-likeness (QED) is 0.691. The van der Waals surface area contributed by atoms with Gasteiger partial charge >= 0.3 is 0 Å². The Bertz CT molecular complexity index is 1050. The number of rotatable bonds is 5. The Morgan fingerprint density at radius 1 is 1.11 bits per heavy atom. The zero-order chi connectivity index (χ0) is 19.4. The number of hydrogen-bond acceptors (Lipinski definition) is 3. The van der Waals surface area contributed by atoms with Crippen LogP contribution in [-0.2, 0) is 6.61 Å². The maximum atomic E-state index is 13.2. The molecule has 0 fully saturated rings. The highest BCUT2D eigenvalue weighted by Gasteiger charge is 2.14. The minimum absolute atomic E-state index is 0.0963. The van der Waals surface area contributed by atoms with Gasteiger partial charge in [0.15, 0.2) is 0 Å². The topological polar surface area (TPSA) is 60.3 Å². The number of nitrogens with one attached hydrogen (secondary N) is 1. The molecule has 5 nitrogen and oxygen atoms in total. The predicted molar refractivity (Wildman–Crippen MR) is 102 cm³/mol. The molecule has 0 unspecified atom stereocenters. The van der Waals surface area contributed by atoms with E-state index in [2.05, 4.69) is 5.32 Å². The number of anilines is 1. The minimum atomic E-state index is -0.664. The number of pyridine rings is 1. The van der Waals surface area contributed by atoms with E-state index < -0.39 is 17.3 Å². The van der Waals surface area contributed by atoms with E-state index in [1.807, 2.05) is 0 Å². The van der Waals surface area contributed by atoms with Crippen molar-refractivity contribution in [1.82, 2.24) is 4.73 Å². The molecule has 0 bridgehead atoms. The number of carbonyl (C=O) groups is 1. The van der Waals surface area contributed by atoms with Gasteiger partial charge in [-0.25, -0.2) is 4.39 Å². The van der Waals surface area contributed by atoms with Crippen molar-refractivity contribution in [2.45, 2.75) is 6.61 Å². The molecule has 3 aromatic rings. The first-order valence-electron chi connectivity index (χ1n) is 7.80. The van der Waals surface area contributed by atoms with Crippen molar-refractivity contribution < 1.29 is 14.0 Å². The van der Waals surface area contributed by atoms with Gasteiger partial charge in [-0.15, -0.1) is 0 Å². The Morgan fingerprint density at radius 2 is 1.93 bits per heavy atom. The summed E-state index contributed by atoms with van der Waals surface area (Å²) in [5.74, 6) is -1.27. The summed E-state index contributed by atoms with van der Waals surface area (Å²) in [4.78, 5) is 30.3. The second-order valence-electron chi connectivity index (χ2n) is 5.54. The van der Waals surface area contributed by atoms with Gasteiger partial charge in [-0.2, -0.15) is 4.73 Å². The summed E-state index contributed by atoms with van der Waals surface area (Å²) in [6.07, 6.45) is 1.40. The Labute approximate surface area is 163 Å². The average molecular weight is 407 g/mol. The van der Waals surface area contributed by atoms with Gasteiger partial charge in [-0.3, -0.25) is 9.59 Å². The first kappa shape index (κ1) is 18.9. The molecule has 0 aliphatic rings. The highest BCUT2D eigenvalue weighted by atomic mass is 35.5. The summed E-state index contributed by atoms with van der Waals surface area (Å²) in [7, 11) is 0. The lowest BCUT2D eigenvalue weighted by atomic mass is 10.2. The van der Waals surface area contributed by atoms with Crippen LogP contribution < -0.4 is 15.7 Å². The number of halogens is 3. The van der Waals surface area contributed by atoms with Crippen LogP contribution in [0.15, 0.2) is 65.6 Å². The lowest BCUT2D eigenvalue weighted by Gasteiger charge is -2.10. The van der Waals surface area contributed by atoms with Gasteiger partial charge in [0.05, 0.1) is 5.02 Å². The van der Waals surface area contributed by atoms with E-state index >= 15 is 0 Å². The van der Waals surface area contributed by atoms with E-state index in [1.165, 1.54) is 30.5 Å². The van der Waals surface area contributed by atoms with Crippen molar-refractivity contribution in [2.75, 3.05) is 5.32 Å². The van der Waals surface area contributed by atoms with Crippen molar-refractivity contribution in [1.29, 1.82) is 0 Å². The summed E-state index contributed by atoms with van der Waals surface area (Å²) in [6, 6.07) is 13.6. The SMILES string of the molecule is O=C(Nc1ccc(F)c(Cl)c1)c1cccn(OCc2cccc(Cl)c2)c1=O. The van der Waals surface area contributed by atoms with Crippen molar-refractivity contribution in [3.8, 4) is 0 Å². The molecule has 8 heteroatoms. The number of aromatic nitrogens is 1. The van der Waals surface area contributed by atoms with E-state index in [9.17, 15) is 14.0 Å². The molecule has 0 spiro atoms. The maximum Gasteiger partial charge on any atom is 0.295 e. The van der Waals surface area contributed by atoms with Crippen LogP contribution in [0.25, 0.3) is 0 Å². The fraction of sp³-hybridized carbons (Fsp3) is 0.0526. The van der Waals surface area contributed by atoms with Gasteiger partial charge in [0.25, 0.3) is 11.5 Å². The third-order valence-electron chi connectivity index (χ3n) is 3.60. The summed E-state index contributed by atoms with van der Waals surface area (Å²) in [5, 5.41) is 2.91. The maximum absolute atomic E-state index is 13.2. The molecular weight excluding hydrogens is 394 g/mol. The molecule has 0 radical (unpaired) electrons. The van der Waals surface area contributed by atoms with Gasteiger partial charge in [-0.05, 0) is 48.0 Å². The van der Waals surface area contributed by atoms with Crippen LogP contribution in [0.5, 0.6) is 0 Å². The van der Waals surface area contributed by atoms with Gasteiger partial charge in [-0.1, -0.05) is 35.3 Å². The summed E-state index contributed by atoms with van der Waals surface area (Å²) < 4.78 is 14.2. The Hall–Kier alpha value is -2.83. The smallest absolute Gasteiger partial charge is 0.295 e. The molecule has 1 amide bonds. The van der Waals surface area contributed by atoms with Gasteiger partial charge < -0.3 is 10.2 Å². The highest BCUT2D eigenvalue weighted by Crippen LogP contribution is 2.19. The van der Waals surface area contributed by atoms with Crippen LogP contribution in [0, 0.1) is 5.82 Å². The van der Waals surface area contributed by atoms with E-state index in [0.717, 1.165) is 16.4 Å². The third-order valence-corrected chi connectivity index (χ3v) is 4.12. The van der Waals surface area contributed by atoms with Crippen molar-refractivity contribution in [3.63, 3.8) is 0 Å². The molecule has 0 aliphatic heterocycles. The van der Waals surface area contributed by atoms with Crippen LogP contribution in [-0.4, -0.2) is 10.6 Å². The molecule has 3 rings (SSSR count). The molecule has 1 aromatic heterocycles. The van der Waals surface area contributed by atoms with Crippen molar-refractivity contribution in [2.24, 2.45) is 0 Å². The monoisotopic (exact) mass is 406 g/mol. The standard InChI is InChI=1S/C19H13Cl2FN2O3/c20-13-4-1-3-12(9-13)11-27-24-8-2-5-15(19(24)26)18(25)23-14-6-7-17(22)16(21)10-14/h1-10H,11H2,(H,23,25). The normalized spacial score (nSPS) is 10.5. The van der Waals surface area contributed by atoms with E-state index in [1.54, 1.807) is 24.3 Å². The molecule has 138 valence electrons. The van der Waals surface area contributed by atoms with Gasteiger partial charge in [0.1, 0.15) is 18.0 Å². The van der Waals surface area contributed by atoms with E-state index in [-0.39, 0.29) is 22.9 Å². The van der Waals surface area contributed by atoms with Crippen LogP contribution >= 0.6 is 23.2 Å². The summed E-state index contributed by atoms with van der Waals surface area (Å²) in [5.41, 5.74) is 0.264. The first-order chi connectivity index (χ1) is 12.9. The fourth-order valence-electron chi connectivity index (χ4n) is 2.29. The number of hydrogen-bond donors (Lipinski definition) is 1. The van der Waals surface area contributed by atoms with Crippen LogP contribution in [0.2, 0.25) is 10.0 Å². The van der Waals surface area contributed by atoms with Gasteiger partial charge in [0.2, 0.25) is 0 Å². The van der Waals surface area contributed by atoms with Gasteiger partial charge in [0, 0.05) is 16.9 Å². The number of amides is 1. The predicted octanol–water partition coefficient (Wildman–Crippen LogP) is 4.18. The molecule has 27 heavy (non-hydrogen) atoms. The summed E-state index contributed by atoms with van der Waals surface area (Å²) >= 11 is 11.6. The fourth-order valence-corrected chi connectivity index (χ4v) is 2.69. The molecule has 0 saturated heterocycles. The number of nitrogens with zero attached hydrogens (tertiary/aromatic N) is 1. The largest absolute Gasteiger partial charge is 0.406 e. The van der Waals surface area contributed by atoms with Crippen LogP contribution in [0.3, 0.4) is 0 Å². The van der Waals surface area contributed by atoms with E-state index in [4.69, 9.17) is 28.0 Å². The highest BCUT2D eigenvalue weighted by molar-refractivity contribution is 6.31. The molecule has 1 N–H and O–H groups in total.